The molecule has 1 heterocycles. The van der Waals surface area contributed by atoms with Gasteiger partial charge in [0.25, 0.3) is 5.70 Å². The zero-order valence-corrected chi connectivity index (χ0v) is 8.34. The molecule has 1 aromatic carbocycles. The summed E-state index contributed by atoms with van der Waals surface area (Å²) in [5.41, 5.74) is -0.665. The Hall–Kier alpha value is -2.44. The highest BCUT2D eigenvalue weighted by atomic mass is 19.1. The van der Waals surface area contributed by atoms with Crippen LogP contribution in [0.5, 0.6) is 5.75 Å². The zero-order valence-electron chi connectivity index (χ0n) is 8.34. The normalized spacial score (nSPS) is 13.4. The molecule has 0 amide bonds. The van der Waals surface area contributed by atoms with E-state index in [0.717, 1.165) is 18.2 Å². The number of carbonyl (C=O) groups is 1. The smallest absolute Gasteiger partial charge is 0.336 e. The molecule has 17 heavy (non-hydrogen) atoms. The van der Waals surface area contributed by atoms with Crippen LogP contribution in [-0.4, -0.2) is 22.6 Å². The minimum Gasteiger partial charge on any atom is -0.479 e. The molecular weight excluding hydrogens is 233 g/mol. The van der Waals surface area contributed by atoms with Gasteiger partial charge >= 0.3 is 5.97 Å². The van der Waals surface area contributed by atoms with Crippen molar-refractivity contribution in [2.24, 2.45) is 0 Å². The highest BCUT2D eigenvalue weighted by Gasteiger charge is 2.26. The van der Waals surface area contributed by atoms with Gasteiger partial charge in [-0.2, -0.15) is 0 Å². The molecule has 0 aliphatic carbocycles. The predicted octanol–water partition coefficient (Wildman–Crippen LogP) is 1.53. The van der Waals surface area contributed by atoms with Gasteiger partial charge in [-0.15, -0.1) is 0 Å². The molecule has 0 radical (unpaired) electrons. The second kappa shape index (κ2) is 3.85. The number of nitrogens with zero attached hydrogens (tertiary/aromatic N) is 1. The fraction of sp³-hybridized carbons (Fsp3) is 0.100. The summed E-state index contributed by atoms with van der Waals surface area (Å²) in [6.45, 7) is -0.389. The van der Waals surface area contributed by atoms with E-state index >= 15 is 0 Å². The maximum absolute atomic E-state index is 13.3. The van der Waals surface area contributed by atoms with Crippen LogP contribution in [0.2, 0.25) is 0 Å². The molecule has 1 aliphatic rings. The molecule has 0 spiro atoms. The summed E-state index contributed by atoms with van der Waals surface area (Å²) >= 11 is 0. The number of benzene rings is 1. The summed E-state index contributed by atoms with van der Waals surface area (Å²) in [5.74, 6) is -2.31. The third kappa shape index (κ3) is 1.82. The van der Waals surface area contributed by atoms with E-state index in [4.69, 9.17) is 9.84 Å². The SMILES string of the molecule is O=C(O)c1ccc(F)c2c1C=C([N+](=O)[O-])CO2. The van der Waals surface area contributed by atoms with Crippen molar-refractivity contribution in [2.75, 3.05) is 6.61 Å². The first kappa shape index (κ1) is 11.1. The number of rotatable bonds is 2. The summed E-state index contributed by atoms with van der Waals surface area (Å²) in [7, 11) is 0. The van der Waals surface area contributed by atoms with Gasteiger partial charge in [0.2, 0.25) is 0 Å². The van der Waals surface area contributed by atoms with E-state index in [2.05, 4.69) is 0 Å². The first-order valence-corrected chi connectivity index (χ1v) is 4.54. The molecule has 88 valence electrons. The van der Waals surface area contributed by atoms with Crippen molar-refractivity contribution in [1.29, 1.82) is 0 Å². The number of halogens is 1. The van der Waals surface area contributed by atoms with Crippen molar-refractivity contribution in [3.05, 3.63) is 44.9 Å². The van der Waals surface area contributed by atoms with Gasteiger partial charge in [0.05, 0.1) is 10.5 Å². The topological polar surface area (TPSA) is 89.7 Å². The van der Waals surface area contributed by atoms with Crippen LogP contribution in [0, 0.1) is 15.9 Å². The average Bonchev–Trinajstić information content (AvgIpc) is 2.28. The fourth-order valence-electron chi connectivity index (χ4n) is 1.51. The van der Waals surface area contributed by atoms with Crippen LogP contribution in [0.3, 0.4) is 0 Å². The molecule has 1 aliphatic heterocycles. The zero-order chi connectivity index (χ0) is 12.6. The molecule has 0 saturated heterocycles. The Kier molecular flexibility index (Phi) is 2.51. The Balaban J connectivity index is 2.66. The first-order chi connectivity index (χ1) is 8.00. The molecule has 0 saturated carbocycles. The molecule has 0 unspecified atom stereocenters. The lowest BCUT2D eigenvalue weighted by atomic mass is 10.0. The van der Waals surface area contributed by atoms with Crippen LogP contribution in [0.15, 0.2) is 17.8 Å². The first-order valence-electron chi connectivity index (χ1n) is 4.54. The van der Waals surface area contributed by atoms with Gasteiger partial charge in [-0.25, -0.2) is 9.18 Å². The Morgan fingerprint density at radius 3 is 2.82 bits per heavy atom. The van der Waals surface area contributed by atoms with Crippen molar-refractivity contribution in [2.45, 2.75) is 0 Å². The number of carboxylic acids is 1. The lowest BCUT2D eigenvalue weighted by Gasteiger charge is -2.15. The Labute approximate surface area is 94.1 Å². The number of aromatic carboxylic acids is 1. The van der Waals surface area contributed by atoms with Crippen molar-refractivity contribution in [3.8, 4) is 5.75 Å². The molecular formula is C10H6FNO5. The van der Waals surface area contributed by atoms with E-state index in [1.807, 2.05) is 0 Å². The minimum atomic E-state index is -1.30. The highest BCUT2D eigenvalue weighted by molar-refractivity contribution is 5.93. The van der Waals surface area contributed by atoms with E-state index in [0.29, 0.717) is 0 Å². The van der Waals surface area contributed by atoms with Crippen LogP contribution < -0.4 is 4.74 Å². The summed E-state index contributed by atoms with van der Waals surface area (Å²) in [4.78, 5) is 20.7. The Bertz CT molecular complexity index is 552. The number of hydrogen-bond acceptors (Lipinski definition) is 4. The third-order valence-corrected chi connectivity index (χ3v) is 2.29. The molecule has 1 N–H and O–H groups in total. The quantitative estimate of drug-likeness (QED) is 0.624. The Morgan fingerprint density at radius 1 is 1.53 bits per heavy atom. The van der Waals surface area contributed by atoms with Crippen molar-refractivity contribution < 1.29 is 24.0 Å². The van der Waals surface area contributed by atoms with Crippen molar-refractivity contribution >= 4 is 12.0 Å². The van der Waals surface area contributed by atoms with Gasteiger partial charge < -0.3 is 9.84 Å². The average molecular weight is 239 g/mol. The van der Waals surface area contributed by atoms with Gasteiger partial charge in [0.1, 0.15) is 0 Å². The second-order valence-corrected chi connectivity index (χ2v) is 3.32. The molecule has 0 atom stereocenters. The molecule has 1 aromatic rings. The maximum Gasteiger partial charge on any atom is 0.336 e. The number of fused-ring (bicyclic) bond motifs is 1. The van der Waals surface area contributed by atoms with Gasteiger partial charge in [0.15, 0.2) is 18.2 Å². The predicted molar refractivity (Wildman–Crippen MR) is 53.8 cm³/mol. The molecule has 7 heteroatoms. The van der Waals surface area contributed by atoms with Gasteiger partial charge in [-0.3, -0.25) is 10.1 Å². The van der Waals surface area contributed by atoms with Gasteiger partial charge in [-0.1, -0.05) is 0 Å². The van der Waals surface area contributed by atoms with Crippen LogP contribution in [0.4, 0.5) is 4.39 Å². The second-order valence-electron chi connectivity index (χ2n) is 3.32. The molecule has 0 fully saturated rings. The number of nitro groups is 1. The van der Waals surface area contributed by atoms with Crippen LogP contribution in [0.1, 0.15) is 15.9 Å². The van der Waals surface area contributed by atoms with E-state index < -0.39 is 16.7 Å². The fourth-order valence-corrected chi connectivity index (χ4v) is 1.51. The maximum atomic E-state index is 13.3. The summed E-state index contributed by atoms with van der Waals surface area (Å²) in [6, 6.07) is 1.99. The number of carboxylic acid groups (broad SMARTS) is 1. The molecule has 2 rings (SSSR count). The Morgan fingerprint density at radius 2 is 2.24 bits per heavy atom. The number of hydrogen-bond donors (Lipinski definition) is 1. The van der Waals surface area contributed by atoms with E-state index in [9.17, 15) is 19.3 Å². The van der Waals surface area contributed by atoms with Gasteiger partial charge in [-0.05, 0) is 12.1 Å². The molecule has 0 aromatic heterocycles. The minimum absolute atomic E-state index is 0.115. The van der Waals surface area contributed by atoms with Crippen LogP contribution in [0.25, 0.3) is 6.08 Å². The molecule has 6 nitrogen and oxygen atoms in total. The summed E-state index contributed by atoms with van der Waals surface area (Å²) < 4.78 is 18.2. The third-order valence-electron chi connectivity index (χ3n) is 2.29. The molecule has 0 bridgehead atoms. The van der Waals surface area contributed by atoms with E-state index in [1.165, 1.54) is 0 Å². The van der Waals surface area contributed by atoms with Crippen molar-refractivity contribution in [3.63, 3.8) is 0 Å². The summed E-state index contributed by atoms with van der Waals surface area (Å²) in [6.07, 6.45) is 1.02. The van der Waals surface area contributed by atoms with E-state index in [1.54, 1.807) is 0 Å². The van der Waals surface area contributed by atoms with E-state index in [-0.39, 0.29) is 29.2 Å². The largest absolute Gasteiger partial charge is 0.479 e. The van der Waals surface area contributed by atoms with Gasteiger partial charge in [0, 0.05) is 11.6 Å². The lowest BCUT2D eigenvalue weighted by molar-refractivity contribution is -0.427. The standard InChI is InChI=1S/C10H6FNO5/c11-8-2-1-6(10(13)14)7-3-5(12(15)16)4-17-9(7)8/h1-3H,4H2,(H,13,14). The highest BCUT2D eigenvalue weighted by Crippen LogP contribution is 2.32. The van der Waals surface area contributed by atoms with Crippen LogP contribution >= 0.6 is 0 Å². The lowest BCUT2D eigenvalue weighted by Crippen LogP contribution is -2.16. The number of ether oxygens (including phenoxy) is 1. The van der Waals surface area contributed by atoms with Crippen molar-refractivity contribution in [1.82, 2.24) is 0 Å². The summed E-state index contributed by atoms with van der Waals surface area (Å²) in [5, 5.41) is 19.4. The monoisotopic (exact) mass is 239 g/mol. The van der Waals surface area contributed by atoms with Crippen LogP contribution in [-0.2, 0) is 0 Å².